The van der Waals surface area contributed by atoms with Crippen LogP contribution in [-0.4, -0.2) is 19.1 Å². The zero-order valence-corrected chi connectivity index (χ0v) is 8.28. The second-order valence-corrected chi connectivity index (χ2v) is 3.08. The van der Waals surface area contributed by atoms with Crippen LogP contribution in [0, 0.1) is 0 Å². The van der Waals surface area contributed by atoms with Crippen molar-refractivity contribution in [2.75, 3.05) is 14.1 Å². The lowest BCUT2D eigenvalue weighted by atomic mass is 10.2. The summed E-state index contributed by atoms with van der Waals surface area (Å²) in [7, 11) is 3.27. The minimum Gasteiger partial charge on any atom is -0.285 e. The highest BCUT2D eigenvalue weighted by Gasteiger charge is 2.30. The molecule has 1 aromatic carbocycles. The molecule has 1 aromatic rings. The van der Waals surface area contributed by atoms with Crippen molar-refractivity contribution in [2.24, 2.45) is 10.3 Å². The lowest BCUT2D eigenvalue weighted by Crippen LogP contribution is -2.04. The maximum Gasteiger partial charge on any atom is 0.416 e. The summed E-state index contributed by atoms with van der Waals surface area (Å²) in [5, 5.41) is 8.64. The quantitative estimate of drug-likeness (QED) is 0.552. The molecule has 15 heavy (non-hydrogen) atoms. The van der Waals surface area contributed by atoms with Crippen molar-refractivity contribution in [1.29, 1.82) is 0 Å². The first-order chi connectivity index (χ1) is 6.89. The van der Waals surface area contributed by atoms with Gasteiger partial charge in [0.1, 0.15) is 0 Å². The first-order valence-electron chi connectivity index (χ1n) is 4.16. The zero-order valence-electron chi connectivity index (χ0n) is 8.28. The Labute approximate surface area is 85.2 Å². The van der Waals surface area contributed by atoms with Crippen molar-refractivity contribution in [1.82, 2.24) is 5.01 Å². The fourth-order valence-corrected chi connectivity index (χ4v) is 0.886. The largest absolute Gasteiger partial charge is 0.416 e. The number of hydrogen-bond donors (Lipinski definition) is 0. The molecule has 0 atom stereocenters. The molecular formula is C9H10F3N3. The third kappa shape index (κ3) is 3.57. The Bertz CT molecular complexity index is 358. The van der Waals surface area contributed by atoms with Crippen LogP contribution in [0.4, 0.5) is 18.9 Å². The van der Waals surface area contributed by atoms with Gasteiger partial charge in [-0.1, -0.05) is 11.3 Å². The van der Waals surface area contributed by atoms with Crippen LogP contribution in [-0.2, 0) is 6.18 Å². The average Bonchev–Trinajstić information content (AvgIpc) is 2.14. The van der Waals surface area contributed by atoms with Gasteiger partial charge in [-0.25, -0.2) is 0 Å². The van der Waals surface area contributed by atoms with E-state index < -0.39 is 11.7 Å². The summed E-state index contributed by atoms with van der Waals surface area (Å²) in [5.74, 6) is 0. The number of halogens is 3. The van der Waals surface area contributed by atoms with Gasteiger partial charge in [0.2, 0.25) is 0 Å². The molecule has 0 aliphatic heterocycles. The van der Waals surface area contributed by atoms with Crippen LogP contribution in [0.3, 0.4) is 0 Å². The fourth-order valence-electron chi connectivity index (χ4n) is 0.886. The van der Waals surface area contributed by atoms with E-state index in [4.69, 9.17) is 0 Å². The van der Waals surface area contributed by atoms with E-state index in [-0.39, 0.29) is 5.69 Å². The minimum atomic E-state index is -4.34. The van der Waals surface area contributed by atoms with Gasteiger partial charge in [0.05, 0.1) is 11.3 Å². The molecule has 0 heterocycles. The lowest BCUT2D eigenvalue weighted by Gasteiger charge is -2.06. The van der Waals surface area contributed by atoms with Crippen molar-refractivity contribution in [3.8, 4) is 0 Å². The fraction of sp³-hybridized carbons (Fsp3) is 0.333. The first kappa shape index (κ1) is 11.5. The first-order valence-corrected chi connectivity index (χ1v) is 4.16. The predicted molar refractivity (Wildman–Crippen MR) is 49.6 cm³/mol. The van der Waals surface area contributed by atoms with Gasteiger partial charge < -0.3 is 0 Å². The van der Waals surface area contributed by atoms with Crippen LogP contribution in [0.2, 0.25) is 0 Å². The topological polar surface area (TPSA) is 28.0 Å². The highest BCUT2D eigenvalue weighted by molar-refractivity contribution is 5.40. The molecule has 6 heteroatoms. The van der Waals surface area contributed by atoms with E-state index in [1.807, 2.05) is 0 Å². The van der Waals surface area contributed by atoms with Crippen molar-refractivity contribution >= 4 is 5.69 Å². The van der Waals surface area contributed by atoms with Gasteiger partial charge in [-0.3, -0.25) is 5.01 Å². The van der Waals surface area contributed by atoms with E-state index >= 15 is 0 Å². The monoisotopic (exact) mass is 217 g/mol. The minimum absolute atomic E-state index is 0.179. The Morgan fingerprint density at radius 2 is 1.87 bits per heavy atom. The molecule has 0 saturated heterocycles. The van der Waals surface area contributed by atoms with Gasteiger partial charge in [-0.2, -0.15) is 13.2 Å². The summed E-state index contributed by atoms with van der Waals surface area (Å²) < 4.78 is 36.9. The number of benzene rings is 1. The lowest BCUT2D eigenvalue weighted by molar-refractivity contribution is -0.137. The molecule has 0 bridgehead atoms. The van der Waals surface area contributed by atoms with Crippen molar-refractivity contribution in [2.45, 2.75) is 6.18 Å². The molecule has 0 spiro atoms. The van der Waals surface area contributed by atoms with Gasteiger partial charge in [-0.05, 0) is 18.2 Å². The number of nitrogens with zero attached hydrogens (tertiary/aromatic N) is 3. The predicted octanol–water partition coefficient (Wildman–Crippen LogP) is 3.27. The van der Waals surface area contributed by atoms with E-state index in [0.29, 0.717) is 0 Å². The van der Waals surface area contributed by atoms with Gasteiger partial charge in [-0.15, -0.1) is 5.11 Å². The average molecular weight is 217 g/mol. The number of rotatable bonds is 2. The highest BCUT2D eigenvalue weighted by Crippen LogP contribution is 2.31. The Morgan fingerprint density at radius 3 is 2.40 bits per heavy atom. The van der Waals surface area contributed by atoms with E-state index in [0.717, 1.165) is 12.1 Å². The maximum absolute atomic E-state index is 12.3. The molecule has 82 valence electrons. The van der Waals surface area contributed by atoms with Gasteiger partial charge in [0.25, 0.3) is 0 Å². The molecule has 0 saturated carbocycles. The Balaban J connectivity index is 2.93. The van der Waals surface area contributed by atoms with Crippen LogP contribution in [0.25, 0.3) is 0 Å². The third-order valence-corrected chi connectivity index (χ3v) is 1.51. The SMILES string of the molecule is CN(C)N=Nc1cccc(C(F)(F)F)c1. The Hall–Kier alpha value is -1.59. The van der Waals surface area contributed by atoms with Crippen LogP contribution >= 0.6 is 0 Å². The molecule has 0 fully saturated rings. The summed E-state index contributed by atoms with van der Waals surface area (Å²) >= 11 is 0. The smallest absolute Gasteiger partial charge is 0.285 e. The Kier molecular flexibility index (Phi) is 3.28. The maximum atomic E-state index is 12.3. The van der Waals surface area contributed by atoms with Crippen LogP contribution in [0.15, 0.2) is 34.6 Å². The number of hydrogen-bond acceptors (Lipinski definition) is 2. The molecule has 0 aliphatic rings. The third-order valence-electron chi connectivity index (χ3n) is 1.51. The second kappa shape index (κ2) is 4.29. The van der Waals surface area contributed by atoms with Crippen LogP contribution in [0.1, 0.15) is 5.56 Å². The van der Waals surface area contributed by atoms with Crippen molar-refractivity contribution < 1.29 is 13.2 Å². The summed E-state index contributed by atoms with van der Waals surface area (Å²) in [6.07, 6.45) is -4.34. The summed E-state index contributed by atoms with van der Waals surface area (Å²) in [6.45, 7) is 0. The summed E-state index contributed by atoms with van der Waals surface area (Å²) in [5.41, 5.74) is -0.545. The van der Waals surface area contributed by atoms with Gasteiger partial charge >= 0.3 is 6.18 Å². The van der Waals surface area contributed by atoms with Crippen LogP contribution < -0.4 is 0 Å². The molecule has 3 nitrogen and oxygen atoms in total. The van der Waals surface area contributed by atoms with E-state index in [1.54, 1.807) is 14.1 Å². The highest BCUT2D eigenvalue weighted by atomic mass is 19.4. The molecule has 1 rings (SSSR count). The zero-order chi connectivity index (χ0) is 11.5. The van der Waals surface area contributed by atoms with Crippen molar-refractivity contribution in [3.05, 3.63) is 29.8 Å². The summed E-state index contributed by atoms with van der Waals surface area (Å²) in [6, 6.07) is 4.71. The standard InChI is InChI=1S/C9H10F3N3/c1-15(2)14-13-8-5-3-4-7(6-8)9(10,11)12/h3-6H,1-2H3. The van der Waals surface area contributed by atoms with E-state index in [1.165, 1.54) is 17.1 Å². The van der Waals surface area contributed by atoms with Crippen molar-refractivity contribution in [3.63, 3.8) is 0 Å². The number of alkyl halides is 3. The normalized spacial score (nSPS) is 12.1. The second-order valence-electron chi connectivity index (χ2n) is 3.08. The van der Waals surface area contributed by atoms with Gasteiger partial charge in [0.15, 0.2) is 0 Å². The molecular weight excluding hydrogens is 207 g/mol. The molecule has 0 aromatic heterocycles. The van der Waals surface area contributed by atoms with E-state index in [2.05, 4.69) is 10.3 Å². The van der Waals surface area contributed by atoms with E-state index in [9.17, 15) is 13.2 Å². The Morgan fingerprint density at radius 1 is 1.20 bits per heavy atom. The molecule has 0 radical (unpaired) electrons. The van der Waals surface area contributed by atoms with Gasteiger partial charge in [0, 0.05) is 14.1 Å². The molecule has 0 amide bonds. The molecule has 0 unspecified atom stereocenters. The van der Waals surface area contributed by atoms with Crippen LogP contribution in [0.5, 0.6) is 0 Å². The molecule has 0 N–H and O–H groups in total. The summed E-state index contributed by atoms with van der Waals surface area (Å²) in [4.78, 5) is 0. The molecule has 0 aliphatic carbocycles.